The van der Waals surface area contributed by atoms with Crippen LogP contribution in [0, 0.1) is 0 Å². The molecule has 3 heterocycles. The predicted molar refractivity (Wildman–Crippen MR) is 459 cm³/mol. The third kappa shape index (κ3) is 12.6. The highest BCUT2D eigenvalue weighted by Crippen LogP contribution is 2.66. The molecule has 0 aliphatic heterocycles. The van der Waals surface area contributed by atoms with Gasteiger partial charge in [0.2, 0.25) is 5.95 Å². The summed E-state index contributed by atoms with van der Waals surface area (Å²) >= 11 is 0. The topological polar surface area (TPSA) is 68.2 Å². The van der Waals surface area contributed by atoms with Crippen LogP contribution in [0.1, 0.15) is 280 Å². The minimum absolute atomic E-state index is 0.147. The van der Waals surface area contributed by atoms with E-state index in [1.54, 1.807) is 11.1 Å². The van der Waals surface area contributed by atoms with Gasteiger partial charge in [-0.25, -0.2) is 4.98 Å². The highest BCUT2D eigenvalue weighted by atomic mass is 16.3. The average Bonchev–Trinajstić information content (AvgIpc) is 1.51. The van der Waals surface area contributed by atoms with Crippen LogP contribution in [0.2, 0.25) is 0 Å². The standard InChI is InChI=1S/C103H112N4O2/c1-9-13-17-21-25-41-61-102(62-42-26-22-18-14-10-2)81-59-60-88-90(76-50-36-39-53-86(76)108-88)89(81)79-68-84-78(67-85(79)102)73-57-55-72(66-83(73)103(84,63-43-27-23-19-15-11-3)64-44-28-24-20-16-12-4)107(99-105-97(69-45-31-29-32-46-69)104-98(106-99)70-47-33-30-34-48-70)71-56-58-75-82(65-71)101(7,8)94-91(75)92-77-51-37-40-54-87(77)109-96(92)93-74-49-35-38-52-80(74)100(5,6)95(93)94/h29-40,45-60,65-68H,9-28,41-44,61-64H2,1-8H3. The van der Waals surface area contributed by atoms with E-state index in [2.05, 4.69) is 254 Å². The van der Waals surface area contributed by atoms with Crippen LogP contribution < -0.4 is 4.90 Å². The van der Waals surface area contributed by atoms with Gasteiger partial charge in [0, 0.05) is 71.3 Å². The molecule has 17 rings (SSSR count). The molecule has 0 N–H and O–H groups in total. The summed E-state index contributed by atoms with van der Waals surface area (Å²) in [6.07, 6.45) is 34.7. The van der Waals surface area contributed by atoms with Crippen molar-refractivity contribution in [1.29, 1.82) is 0 Å². The molecule has 3 aromatic heterocycles. The fourth-order valence-electron chi connectivity index (χ4n) is 21.0. The van der Waals surface area contributed by atoms with Crippen LogP contribution in [0.5, 0.6) is 0 Å². The van der Waals surface area contributed by atoms with E-state index in [1.165, 1.54) is 235 Å². The van der Waals surface area contributed by atoms with Crippen LogP contribution >= 0.6 is 0 Å². The van der Waals surface area contributed by atoms with Gasteiger partial charge in [0.25, 0.3) is 0 Å². The Labute approximate surface area is 648 Å². The first-order valence-electron chi connectivity index (χ1n) is 42.7. The Morgan fingerprint density at radius 3 is 1.31 bits per heavy atom. The lowest BCUT2D eigenvalue weighted by Gasteiger charge is -2.35. The minimum atomic E-state index is -0.443. The number of benzene rings is 10. The maximum atomic E-state index is 7.20. The summed E-state index contributed by atoms with van der Waals surface area (Å²) in [5.41, 5.74) is 29.0. The van der Waals surface area contributed by atoms with Crippen molar-refractivity contribution in [1.82, 2.24) is 15.0 Å². The minimum Gasteiger partial charge on any atom is -0.456 e. The number of nitrogens with zero attached hydrogens (tertiary/aromatic N) is 4. The van der Waals surface area contributed by atoms with Crippen LogP contribution in [0.4, 0.5) is 17.3 Å². The molecule has 0 bridgehead atoms. The van der Waals surface area contributed by atoms with Crippen molar-refractivity contribution < 1.29 is 8.83 Å². The maximum Gasteiger partial charge on any atom is 0.238 e. The summed E-state index contributed by atoms with van der Waals surface area (Å²) in [5, 5.41) is 4.90. The Kier molecular flexibility index (Phi) is 20.3. The lowest BCUT2D eigenvalue weighted by molar-refractivity contribution is 0.394. The first kappa shape index (κ1) is 72.5. The Morgan fingerprint density at radius 2 is 0.734 bits per heavy atom. The van der Waals surface area contributed by atoms with Crippen molar-refractivity contribution in [2.24, 2.45) is 0 Å². The van der Waals surface area contributed by atoms with Crippen LogP contribution in [-0.4, -0.2) is 15.0 Å². The van der Waals surface area contributed by atoms with Crippen LogP contribution in [0.15, 0.2) is 203 Å². The first-order chi connectivity index (χ1) is 53.4. The summed E-state index contributed by atoms with van der Waals surface area (Å²) in [4.78, 5) is 19.3. The Bertz CT molecular complexity index is 5400. The quantitative estimate of drug-likeness (QED) is 0.0382. The molecule has 109 heavy (non-hydrogen) atoms. The van der Waals surface area contributed by atoms with Gasteiger partial charge in [-0.1, -0.05) is 349 Å². The van der Waals surface area contributed by atoms with Crippen LogP contribution in [0.3, 0.4) is 0 Å². The fourth-order valence-corrected chi connectivity index (χ4v) is 21.0. The van der Waals surface area contributed by atoms with Crippen molar-refractivity contribution in [3.05, 3.63) is 239 Å². The molecule has 4 aliphatic rings. The molecule has 6 heteroatoms. The zero-order valence-electron chi connectivity index (χ0n) is 66.4. The van der Waals surface area contributed by atoms with E-state index in [1.807, 2.05) is 0 Å². The van der Waals surface area contributed by atoms with E-state index in [9.17, 15) is 0 Å². The van der Waals surface area contributed by atoms with Gasteiger partial charge in [0.1, 0.15) is 22.3 Å². The van der Waals surface area contributed by atoms with Crippen molar-refractivity contribution in [2.45, 2.75) is 257 Å². The zero-order chi connectivity index (χ0) is 74.4. The highest BCUT2D eigenvalue weighted by Gasteiger charge is 2.51. The van der Waals surface area contributed by atoms with E-state index in [0.29, 0.717) is 17.6 Å². The van der Waals surface area contributed by atoms with Crippen molar-refractivity contribution >= 4 is 61.2 Å². The summed E-state index contributed by atoms with van der Waals surface area (Å²) in [7, 11) is 0. The van der Waals surface area contributed by atoms with E-state index in [0.717, 1.165) is 88.7 Å². The van der Waals surface area contributed by atoms with Gasteiger partial charge >= 0.3 is 0 Å². The fraction of sp³-hybridized carbons (Fsp3) is 0.388. The number of anilines is 3. The van der Waals surface area contributed by atoms with Gasteiger partial charge in [-0.15, -0.1) is 0 Å². The van der Waals surface area contributed by atoms with E-state index >= 15 is 0 Å². The molecule has 0 unspecified atom stereocenters. The Balaban J connectivity index is 0.908. The van der Waals surface area contributed by atoms with Crippen molar-refractivity contribution in [2.75, 3.05) is 4.90 Å². The number of hydrogen-bond acceptors (Lipinski definition) is 6. The normalized spacial score (nSPS) is 14.8. The van der Waals surface area contributed by atoms with E-state index < -0.39 is 5.41 Å². The van der Waals surface area contributed by atoms with E-state index in [4.69, 9.17) is 23.8 Å². The zero-order valence-corrected chi connectivity index (χ0v) is 66.4. The van der Waals surface area contributed by atoms with Crippen LogP contribution in [0.25, 0.3) is 111 Å². The molecule has 0 saturated carbocycles. The average molecular weight is 1440 g/mol. The number of rotatable bonds is 33. The van der Waals surface area contributed by atoms with Gasteiger partial charge in [-0.05, 0) is 164 Å². The molecule has 556 valence electrons. The lowest BCUT2D eigenvalue weighted by atomic mass is 9.68. The summed E-state index contributed by atoms with van der Waals surface area (Å²) in [6.45, 7) is 19.3. The first-order valence-corrected chi connectivity index (χ1v) is 42.7. The molecule has 0 amide bonds. The molecule has 6 nitrogen and oxygen atoms in total. The van der Waals surface area contributed by atoms with Gasteiger partial charge in [0.05, 0.1) is 0 Å². The van der Waals surface area contributed by atoms with E-state index in [-0.39, 0.29) is 16.2 Å². The van der Waals surface area contributed by atoms with Gasteiger partial charge in [0.15, 0.2) is 11.6 Å². The molecule has 4 aliphatic carbocycles. The molecular formula is C103H112N4O2. The predicted octanol–water partition coefficient (Wildman–Crippen LogP) is 30.6. The lowest BCUT2D eigenvalue weighted by Crippen LogP contribution is -2.27. The Morgan fingerprint density at radius 1 is 0.303 bits per heavy atom. The van der Waals surface area contributed by atoms with Crippen molar-refractivity contribution in [3.63, 3.8) is 0 Å². The maximum absolute atomic E-state index is 7.20. The monoisotopic (exact) mass is 1440 g/mol. The second-order valence-electron chi connectivity index (χ2n) is 34.0. The molecular weight excluding hydrogens is 1330 g/mol. The molecule has 10 aromatic carbocycles. The molecule has 0 fully saturated rings. The number of furan rings is 2. The SMILES string of the molecule is CCCCCCCCC1(CCCCCCCC)c2cc(N(c3ccc4c(c3)C(C)(C)c3c5c(c6oc7ccccc7c6c3-4)-c3ccccc3C5(C)C)c3nc(-c4ccccc4)nc(-c4ccccc4)n3)ccc2-c2cc3c(cc21)-c1c(ccc2oc4ccccc4c12)C3(CCCCCCCC)CCCCCCCC. The molecule has 0 radical (unpaired) electrons. The smallest absolute Gasteiger partial charge is 0.238 e. The molecule has 0 spiro atoms. The summed E-state index contributed by atoms with van der Waals surface area (Å²) in [5.74, 6) is 1.88. The molecule has 0 saturated heterocycles. The second-order valence-corrected chi connectivity index (χ2v) is 34.0. The number of fused-ring (bicyclic) bond motifs is 22. The van der Waals surface area contributed by atoms with Gasteiger partial charge in [-0.3, -0.25) is 4.90 Å². The largest absolute Gasteiger partial charge is 0.456 e. The van der Waals surface area contributed by atoms with Crippen LogP contribution in [-0.2, 0) is 21.7 Å². The number of aromatic nitrogens is 3. The van der Waals surface area contributed by atoms with Crippen molar-refractivity contribution in [3.8, 4) is 67.3 Å². The number of hydrogen-bond donors (Lipinski definition) is 0. The van der Waals surface area contributed by atoms with Gasteiger partial charge in [-0.2, -0.15) is 9.97 Å². The Hall–Kier alpha value is -9.39. The number of unbranched alkanes of at least 4 members (excludes halogenated alkanes) is 20. The second kappa shape index (κ2) is 30.5. The highest BCUT2D eigenvalue weighted by molar-refractivity contribution is 6.21. The summed E-state index contributed by atoms with van der Waals surface area (Å²) < 4.78 is 14.2. The summed E-state index contributed by atoms with van der Waals surface area (Å²) in [6, 6.07) is 73.5. The number of para-hydroxylation sites is 2. The molecule has 13 aromatic rings. The third-order valence-corrected chi connectivity index (χ3v) is 26.4. The third-order valence-electron chi connectivity index (χ3n) is 26.4. The molecule has 0 atom stereocenters. The van der Waals surface area contributed by atoms with Gasteiger partial charge < -0.3 is 8.83 Å².